The Morgan fingerprint density at radius 3 is 2.67 bits per heavy atom. The quantitative estimate of drug-likeness (QED) is 0.879. The van der Waals surface area contributed by atoms with Gasteiger partial charge < -0.3 is 19.9 Å². The van der Waals surface area contributed by atoms with Gasteiger partial charge in [0.1, 0.15) is 0 Å². The summed E-state index contributed by atoms with van der Waals surface area (Å²) in [4.78, 5) is 15.8. The molecule has 0 aliphatic rings. The Hall–Kier alpha value is -2.76. The molecule has 0 aliphatic heterocycles. The van der Waals surface area contributed by atoms with Gasteiger partial charge in [-0.1, -0.05) is 6.07 Å². The first kappa shape index (κ1) is 14.6. The molecule has 1 aromatic carbocycles. The molecule has 0 unspecified atom stereocenters. The average molecular weight is 288 g/mol. The van der Waals surface area contributed by atoms with Gasteiger partial charge in [0.15, 0.2) is 23.1 Å². The summed E-state index contributed by atoms with van der Waals surface area (Å²) in [5, 5.41) is 12.1. The number of ether oxygens (including phenoxy) is 2. The summed E-state index contributed by atoms with van der Waals surface area (Å²) < 4.78 is 10.3. The van der Waals surface area contributed by atoms with E-state index in [9.17, 15) is 9.90 Å². The van der Waals surface area contributed by atoms with Crippen molar-refractivity contribution >= 4 is 11.7 Å². The Bertz CT molecular complexity index is 643. The van der Waals surface area contributed by atoms with Crippen LogP contribution in [-0.2, 0) is 11.2 Å². The number of aromatic nitrogens is 1. The Labute approximate surface area is 122 Å². The molecule has 0 aliphatic carbocycles. The van der Waals surface area contributed by atoms with Crippen LogP contribution in [0, 0.1) is 0 Å². The van der Waals surface area contributed by atoms with Gasteiger partial charge >= 0.3 is 0 Å². The monoisotopic (exact) mass is 288 g/mol. The lowest BCUT2D eigenvalue weighted by Crippen LogP contribution is -2.15. The lowest BCUT2D eigenvalue weighted by atomic mass is 10.1. The maximum atomic E-state index is 12.0. The lowest BCUT2D eigenvalue weighted by Gasteiger charge is -2.10. The first-order chi connectivity index (χ1) is 10.1. The van der Waals surface area contributed by atoms with Crippen LogP contribution in [0.15, 0.2) is 36.5 Å². The number of amides is 1. The average Bonchev–Trinajstić information content (AvgIpc) is 2.49. The number of aromatic hydroxyl groups is 1. The number of methoxy groups -OCH3 is 2. The first-order valence-corrected chi connectivity index (χ1v) is 6.28. The van der Waals surface area contributed by atoms with Crippen LogP contribution in [0.4, 0.5) is 5.82 Å². The number of rotatable bonds is 5. The number of benzene rings is 1. The van der Waals surface area contributed by atoms with E-state index in [1.54, 1.807) is 31.4 Å². The highest BCUT2D eigenvalue weighted by molar-refractivity contribution is 5.92. The molecule has 21 heavy (non-hydrogen) atoms. The maximum Gasteiger partial charge on any atom is 0.230 e. The zero-order chi connectivity index (χ0) is 15.2. The number of hydrogen-bond donors (Lipinski definition) is 2. The van der Waals surface area contributed by atoms with Crippen LogP contribution < -0.4 is 14.8 Å². The molecule has 2 aromatic rings. The second-order valence-electron chi connectivity index (χ2n) is 4.29. The van der Waals surface area contributed by atoms with Gasteiger partial charge in [-0.15, -0.1) is 0 Å². The third-order valence-corrected chi connectivity index (χ3v) is 2.86. The van der Waals surface area contributed by atoms with Gasteiger partial charge in [0.25, 0.3) is 0 Å². The van der Waals surface area contributed by atoms with E-state index >= 15 is 0 Å². The summed E-state index contributed by atoms with van der Waals surface area (Å²) in [5.74, 6) is 0.949. The molecule has 2 N–H and O–H groups in total. The normalized spacial score (nSPS) is 10.0. The van der Waals surface area contributed by atoms with Crippen molar-refractivity contribution in [2.24, 2.45) is 0 Å². The highest BCUT2D eigenvalue weighted by atomic mass is 16.5. The van der Waals surface area contributed by atoms with Gasteiger partial charge in [-0.25, -0.2) is 4.98 Å². The molecule has 6 nitrogen and oxygen atoms in total. The van der Waals surface area contributed by atoms with Crippen LogP contribution in [0.1, 0.15) is 5.56 Å². The minimum Gasteiger partial charge on any atom is -0.504 e. The summed E-state index contributed by atoms with van der Waals surface area (Å²) in [7, 11) is 3.09. The van der Waals surface area contributed by atoms with Crippen molar-refractivity contribution < 1.29 is 19.4 Å². The predicted molar refractivity (Wildman–Crippen MR) is 77.8 cm³/mol. The SMILES string of the molecule is COc1ccc(CC(=O)Nc2ncccc2O)cc1OC. The molecule has 110 valence electrons. The van der Waals surface area contributed by atoms with Gasteiger partial charge in [0, 0.05) is 6.20 Å². The molecule has 0 saturated heterocycles. The van der Waals surface area contributed by atoms with Gasteiger partial charge in [-0.05, 0) is 29.8 Å². The molecule has 1 aromatic heterocycles. The fourth-order valence-corrected chi connectivity index (χ4v) is 1.85. The summed E-state index contributed by atoms with van der Waals surface area (Å²) in [5.41, 5.74) is 0.764. The maximum absolute atomic E-state index is 12.0. The molecule has 1 heterocycles. The van der Waals surface area contributed by atoms with E-state index < -0.39 is 0 Å². The number of carbonyl (C=O) groups excluding carboxylic acids is 1. The van der Waals surface area contributed by atoms with Crippen LogP contribution in [0.2, 0.25) is 0 Å². The lowest BCUT2D eigenvalue weighted by molar-refractivity contribution is -0.115. The number of nitrogens with one attached hydrogen (secondary N) is 1. The topological polar surface area (TPSA) is 80.7 Å². The number of carbonyl (C=O) groups is 1. The van der Waals surface area contributed by atoms with Crippen molar-refractivity contribution in [2.45, 2.75) is 6.42 Å². The molecule has 2 rings (SSSR count). The van der Waals surface area contributed by atoms with E-state index in [0.717, 1.165) is 5.56 Å². The van der Waals surface area contributed by atoms with Crippen molar-refractivity contribution in [3.8, 4) is 17.2 Å². The van der Waals surface area contributed by atoms with Gasteiger partial charge in [0.2, 0.25) is 5.91 Å². The summed E-state index contributed by atoms with van der Waals surface area (Å²) in [6.45, 7) is 0. The molecular formula is C15H16N2O4. The molecule has 1 amide bonds. The van der Waals surface area contributed by atoms with Gasteiger partial charge in [0.05, 0.1) is 20.6 Å². The van der Waals surface area contributed by atoms with Gasteiger partial charge in [-0.3, -0.25) is 4.79 Å². The highest BCUT2D eigenvalue weighted by Crippen LogP contribution is 2.28. The molecule has 0 spiro atoms. The fraction of sp³-hybridized carbons (Fsp3) is 0.200. The molecule has 0 radical (unpaired) electrons. The van der Waals surface area contributed by atoms with Crippen LogP contribution in [0.25, 0.3) is 0 Å². The zero-order valence-electron chi connectivity index (χ0n) is 11.8. The van der Waals surface area contributed by atoms with E-state index in [0.29, 0.717) is 11.5 Å². The standard InChI is InChI=1S/C15H16N2O4/c1-20-12-6-5-10(8-13(12)21-2)9-14(19)17-15-11(18)4-3-7-16-15/h3-8,18H,9H2,1-2H3,(H,16,17,19). The Balaban J connectivity index is 2.08. The van der Waals surface area contributed by atoms with Gasteiger partial charge in [-0.2, -0.15) is 0 Å². The first-order valence-electron chi connectivity index (χ1n) is 6.28. The second kappa shape index (κ2) is 6.60. The number of nitrogens with zero attached hydrogens (tertiary/aromatic N) is 1. The van der Waals surface area contributed by atoms with E-state index in [-0.39, 0.29) is 23.9 Å². The van der Waals surface area contributed by atoms with Crippen LogP contribution in [0.5, 0.6) is 17.2 Å². The largest absolute Gasteiger partial charge is 0.504 e. The van der Waals surface area contributed by atoms with Crippen LogP contribution in [-0.4, -0.2) is 30.2 Å². The van der Waals surface area contributed by atoms with Crippen molar-refractivity contribution in [3.05, 3.63) is 42.1 Å². The number of hydrogen-bond acceptors (Lipinski definition) is 5. The molecule has 0 fully saturated rings. The van der Waals surface area contributed by atoms with Crippen molar-refractivity contribution in [1.82, 2.24) is 4.98 Å². The Morgan fingerprint density at radius 2 is 2.00 bits per heavy atom. The molecule has 0 saturated carbocycles. The Kier molecular flexibility index (Phi) is 4.61. The number of anilines is 1. The zero-order valence-corrected chi connectivity index (χ0v) is 11.8. The smallest absolute Gasteiger partial charge is 0.230 e. The molecule has 0 atom stereocenters. The van der Waals surface area contributed by atoms with Crippen LogP contribution >= 0.6 is 0 Å². The molecular weight excluding hydrogens is 272 g/mol. The van der Waals surface area contributed by atoms with E-state index in [1.165, 1.54) is 19.4 Å². The minimum absolute atomic E-state index is 0.0711. The molecule has 0 bridgehead atoms. The van der Waals surface area contributed by atoms with Crippen molar-refractivity contribution in [1.29, 1.82) is 0 Å². The molecule has 6 heteroatoms. The minimum atomic E-state index is -0.281. The highest BCUT2D eigenvalue weighted by Gasteiger charge is 2.10. The van der Waals surface area contributed by atoms with E-state index in [4.69, 9.17) is 9.47 Å². The summed E-state index contributed by atoms with van der Waals surface area (Å²) >= 11 is 0. The van der Waals surface area contributed by atoms with E-state index in [1.807, 2.05) is 0 Å². The Morgan fingerprint density at radius 1 is 1.24 bits per heavy atom. The third kappa shape index (κ3) is 3.62. The van der Waals surface area contributed by atoms with E-state index in [2.05, 4.69) is 10.3 Å². The third-order valence-electron chi connectivity index (χ3n) is 2.86. The second-order valence-corrected chi connectivity index (χ2v) is 4.29. The summed E-state index contributed by atoms with van der Waals surface area (Å²) in [6, 6.07) is 8.29. The number of pyridine rings is 1. The summed E-state index contributed by atoms with van der Waals surface area (Å²) in [6.07, 6.45) is 1.63. The van der Waals surface area contributed by atoms with Crippen molar-refractivity contribution in [2.75, 3.05) is 19.5 Å². The fourth-order valence-electron chi connectivity index (χ4n) is 1.85. The van der Waals surface area contributed by atoms with Crippen molar-refractivity contribution in [3.63, 3.8) is 0 Å². The predicted octanol–water partition coefficient (Wildman–Crippen LogP) is 1.99. The van der Waals surface area contributed by atoms with Crippen LogP contribution in [0.3, 0.4) is 0 Å².